The maximum absolute atomic E-state index is 12.1. The second-order valence-electron chi connectivity index (χ2n) is 5.91. The molecule has 0 amide bonds. The Morgan fingerprint density at radius 1 is 1.38 bits per heavy atom. The number of nitrogens with one attached hydrogen (secondary N) is 1. The normalized spacial score (nSPS) is 17.1. The second kappa shape index (κ2) is 6.94. The molecule has 0 spiro atoms. The lowest BCUT2D eigenvalue weighted by atomic mass is 9.97. The number of para-hydroxylation sites is 1. The van der Waals surface area contributed by atoms with E-state index in [1.807, 2.05) is 25.1 Å². The quantitative estimate of drug-likeness (QED) is 0.747. The van der Waals surface area contributed by atoms with E-state index in [4.69, 9.17) is 4.74 Å². The van der Waals surface area contributed by atoms with Crippen LogP contribution in [-0.2, 0) is 9.53 Å². The van der Waals surface area contributed by atoms with Gasteiger partial charge in [0.25, 0.3) is 0 Å². The fraction of sp³-hybridized carbons (Fsp3) is 0.588. The number of ether oxygens (including phenoxy) is 1. The van der Waals surface area contributed by atoms with Crippen molar-refractivity contribution in [2.45, 2.75) is 44.7 Å². The molecule has 4 heteroatoms. The number of esters is 1. The molecule has 1 atom stereocenters. The first-order chi connectivity index (χ1) is 10.1. The SMILES string of the molecule is CCN(CCC(C)(NC1CC1)C(=O)OC)c1ccccc1. The number of anilines is 1. The van der Waals surface area contributed by atoms with Gasteiger partial charge in [-0.15, -0.1) is 0 Å². The summed E-state index contributed by atoms with van der Waals surface area (Å²) in [4.78, 5) is 14.4. The molecule has 1 aliphatic rings. The van der Waals surface area contributed by atoms with Gasteiger partial charge in [-0.2, -0.15) is 0 Å². The van der Waals surface area contributed by atoms with Crippen molar-refractivity contribution >= 4 is 11.7 Å². The molecule has 0 aromatic heterocycles. The second-order valence-corrected chi connectivity index (χ2v) is 5.91. The Hall–Kier alpha value is -1.55. The molecule has 1 fully saturated rings. The predicted molar refractivity (Wildman–Crippen MR) is 85.5 cm³/mol. The fourth-order valence-corrected chi connectivity index (χ4v) is 2.60. The van der Waals surface area contributed by atoms with Gasteiger partial charge in [-0.3, -0.25) is 10.1 Å². The van der Waals surface area contributed by atoms with Gasteiger partial charge in [-0.05, 0) is 45.2 Å². The van der Waals surface area contributed by atoms with Gasteiger partial charge in [0.15, 0.2) is 0 Å². The fourth-order valence-electron chi connectivity index (χ4n) is 2.60. The van der Waals surface area contributed by atoms with Crippen molar-refractivity contribution in [2.24, 2.45) is 0 Å². The van der Waals surface area contributed by atoms with Gasteiger partial charge in [-0.1, -0.05) is 18.2 Å². The lowest BCUT2D eigenvalue weighted by molar-refractivity contribution is -0.148. The van der Waals surface area contributed by atoms with Crippen molar-refractivity contribution in [1.82, 2.24) is 5.32 Å². The number of hydrogen-bond acceptors (Lipinski definition) is 4. The van der Waals surface area contributed by atoms with Crippen LogP contribution in [0.5, 0.6) is 0 Å². The first kappa shape index (κ1) is 15.8. The Bertz CT molecular complexity index is 459. The van der Waals surface area contributed by atoms with Crippen LogP contribution in [0, 0.1) is 0 Å². The highest BCUT2D eigenvalue weighted by Gasteiger charge is 2.39. The summed E-state index contributed by atoms with van der Waals surface area (Å²) in [7, 11) is 1.46. The average molecular weight is 290 g/mol. The van der Waals surface area contributed by atoms with Crippen molar-refractivity contribution in [1.29, 1.82) is 0 Å². The molecule has 1 saturated carbocycles. The Morgan fingerprint density at radius 3 is 2.57 bits per heavy atom. The number of rotatable bonds is 8. The summed E-state index contributed by atoms with van der Waals surface area (Å²) in [6.07, 6.45) is 3.05. The molecule has 1 aromatic carbocycles. The number of methoxy groups -OCH3 is 1. The van der Waals surface area contributed by atoms with E-state index in [-0.39, 0.29) is 5.97 Å². The van der Waals surface area contributed by atoms with Gasteiger partial charge >= 0.3 is 5.97 Å². The van der Waals surface area contributed by atoms with Crippen molar-refractivity contribution in [3.8, 4) is 0 Å². The summed E-state index contributed by atoms with van der Waals surface area (Å²) in [6, 6.07) is 10.8. The molecule has 1 unspecified atom stereocenters. The van der Waals surface area contributed by atoms with Crippen molar-refractivity contribution < 1.29 is 9.53 Å². The topological polar surface area (TPSA) is 41.6 Å². The van der Waals surface area contributed by atoms with E-state index in [9.17, 15) is 4.79 Å². The molecule has 0 radical (unpaired) electrons. The molecule has 0 saturated heterocycles. The first-order valence-corrected chi connectivity index (χ1v) is 7.75. The third-order valence-corrected chi connectivity index (χ3v) is 4.12. The Labute approximate surface area is 127 Å². The monoisotopic (exact) mass is 290 g/mol. The number of carbonyl (C=O) groups excluding carboxylic acids is 1. The number of benzene rings is 1. The molecular formula is C17H26N2O2. The zero-order chi connectivity index (χ0) is 15.3. The molecule has 0 bridgehead atoms. The van der Waals surface area contributed by atoms with Gasteiger partial charge in [0.2, 0.25) is 0 Å². The standard InChI is InChI=1S/C17H26N2O2/c1-4-19(15-8-6-5-7-9-15)13-12-17(2,16(20)21-3)18-14-10-11-14/h5-9,14,18H,4,10-13H2,1-3H3. The molecule has 1 aromatic rings. The molecule has 2 rings (SSSR count). The summed E-state index contributed by atoms with van der Waals surface area (Å²) in [5, 5.41) is 3.45. The Balaban J connectivity index is 2.00. The maximum Gasteiger partial charge on any atom is 0.325 e. The molecular weight excluding hydrogens is 264 g/mol. The largest absolute Gasteiger partial charge is 0.468 e. The van der Waals surface area contributed by atoms with Gasteiger partial charge in [0.05, 0.1) is 7.11 Å². The van der Waals surface area contributed by atoms with Crippen molar-refractivity contribution in [3.05, 3.63) is 30.3 Å². The van der Waals surface area contributed by atoms with Gasteiger partial charge in [-0.25, -0.2) is 0 Å². The molecule has 0 heterocycles. The molecule has 1 aliphatic carbocycles. The van der Waals surface area contributed by atoms with E-state index in [0.717, 1.165) is 32.4 Å². The van der Waals surface area contributed by atoms with Crippen LogP contribution in [0.2, 0.25) is 0 Å². The van der Waals surface area contributed by atoms with E-state index in [0.29, 0.717) is 6.04 Å². The predicted octanol–water partition coefficient (Wildman–Crippen LogP) is 2.59. The maximum atomic E-state index is 12.1. The van der Waals surface area contributed by atoms with Crippen molar-refractivity contribution in [3.63, 3.8) is 0 Å². The number of carbonyl (C=O) groups is 1. The third kappa shape index (κ3) is 4.21. The minimum atomic E-state index is -0.599. The first-order valence-electron chi connectivity index (χ1n) is 7.75. The summed E-state index contributed by atoms with van der Waals surface area (Å²) in [5.74, 6) is -0.168. The van der Waals surface area contributed by atoms with Crippen LogP contribution < -0.4 is 10.2 Å². The zero-order valence-electron chi connectivity index (χ0n) is 13.3. The average Bonchev–Trinajstić information content (AvgIpc) is 3.32. The molecule has 21 heavy (non-hydrogen) atoms. The highest BCUT2D eigenvalue weighted by Crippen LogP contribution is 2.25. The van der Waals surface area contributed by atoms with Crippen LogP contribution in [0.1, 0.15) is 33.1 Å². The lowest BCUT2D eigenvalue weighted by Crippen LogP contribution is -2.53. The number of nitrogens with zero attached hydrogens (tertiary/aromatic N) is 1. The van der Waals surface area contributed by atoms with E-state index < -0.39 is 5.54 Å². The summed E-state index contributed by atoms with van der Waals surface area (Å²) in [5.41, 5.74) is 0.594. The molecule has 0 aliphatic heterocycles. The number of hydrogen-bond donors (Lipinski definition) is 1. The van der Waals surface area contributed by atoms with Gasteiger partial charge in [0.1, 0.15) is 5.54 Å². The molecule has 4 nitrogen and oxygen atoms in total. The van der Waals surface area contributed by atoms with Crippen LogP contribution in [0.15, 0.2) is 30.3 Å². The van der Waals surface area contributed by atoms with E-state index in [1.54, 1.807) is 0 Å². The zero-order valence-corrected chi connectivity index (χ0v) is 13.3. The Kier molecular flexibility index (Phi) is 5.23. The highest BCUT2D eigenvalue weighted by atomic mass is 16.5. The minimum Gasteiger partial charge on any atom is -0.468 e. The third-order valence-electron chi connectivity index (χ3n) is 4.12. The summed E-state index contributed by atoms with van der Waals surface area (Å²) < 4.78 is 5.00. The smallest absolute Gasteiger partial charge is 0.325 e. The minimum absolute atomic E-state index is 0.168. The van der Waals surface area contributed by atoms with E-state index >= 15 is 0 Å². The van der Waals surface area contributed by atoms with Crippen LogP contribution in [-0.4, -0.2) is 37.7 Å². The van der Waals surface area contributed by atoms with E-state index in [2.05, 4.69) is 29.3 Å². The molecule has 1 N–H and O–H groups in total. The highest BCUT2D eigenvalue weighted by molar-refractivity contribution is 5.80. The lowest BCUT2D eigenvalue weighted by Gasteiger charge is -2.32. The van der Waals surface area contributed by atoms with Crippen LogP contribution in [0.4, 0.5) is 5.69 Å². The summed E-state index contributed by atoms with van der Waals surface area (Å²) >= 11 is 0. The Morgan fingerprint density at radius 2 is 2.05 bits per heavy atom. The molecule has 116 valence electrons. The van der Waals surface area contributed by atoms with Crippen LogP contribution in [0.25, 0.3) is 0 Å². The van der Waals surface area contributed by atoms with Crippen LogP contribution >= 0.6 is 0 Å². The summed E-state index contributed by atoms with van der Waals surface area (Å²) in [6.45, 7) is 5.84. The van der Waals surface area contributed by atoms with Crippen molar-refractivity contribution in [2.75, 3.05) is 25.1 Å². The van der Waals surface area contributed by atoms with E-state index in [1.165, 1.54) is 12.8 Å². The van der Waals surface area contributed by atoms with Gasteiger partial charge < -0.3 is 9.64 Å². The van der Waals surface area contributed by atoms with Gasteiger partial charge in [0, 0.05) is 24.8 Å². The van der Waals surface area contributed by atoms with Crippen LogP contribution in [0.3, 0.4) is 0 Å².